The zero-order chi connectivity index (χ0) is 34.8. The Morgan fingerprint density at radius 3 is 1.49 bits per heavy atom. The van der Waals surface area contributed by atoms with Crippen LogP contribution >= 0.6 is 36.1 Å². The normalized spacial score (nSPS) is 35.2. The molecule has 3 heterocycles. The molecule has 47 heavy (non-hydrogen) atoms. The lowest BCUT2D eigenvalue weighted by molar-refractivity contribution is -0.0660. The van der Waals surface area contributed by atoms with E-state index in [1.807, 2.05) is 20.8 Å². The number of rotatable bonds is 22. The van der Waals surface area contributed by atoms with Crippen molar-refractivity contribution < 1.29 is 74.5 Å². The molecule has 0 radical (unpaired) electrons. The first-order valence-electron chi connectivity index (χ1n) is 16.1. The molecule has 16 nitrogen and oxygen atoms in total. The first-order chi connectivity index (χ1) is 22.0. The Morgan fingerprint density at radius 2 is 1.04 bits per heavy atom. The van der Waals surface area contributed by atoms with E-state index in [-0.39, 0.29) is 44.4 Å². The average molecular weight is 759 g/mol. The smallest absolute Gasteiger partial charge is 0.373 e. The van der Waals surface area contributed by atoms with Crippen LogP contribution in [0.4, 0.5) is 0 Å². The van der Waals surface area contributed by atoms with Gasteiger partial charge in [0.05, 0.1) is 56.9 Å². The molecular formula is C27H53O16P3S. The number of ether oxygens (including phenoxy) is 4. The lowest BCUT2D eigenvalue weighted by atomic mass is 10.1. The van der Waals surface area contributed by atoms with Gasteiger partial charge in [-0.05, 0) is 53.2 Å². The third kappa shape index (κ3) is 15.3. The monoisotopic (exact) mass is 758 g/mol. The summed E-state index contributed by atoms with van der Waals surface area (Å²) in [5, 5.41) is 0. The van der Waals surface area contributed by atoms with Crippen molar-refractivity contribution in [1.29, 1.82) is 0 Å². The van der Waals surface area contributed by atoms with Gasteiger partial charge in [-0.3, -0.25) is 27.1 Å². The second-order valence-electron chi connectivity index (χ2n) is 12.4. The maximum Gasteiger partial charge on any atom is 0.472 e. The van der Waals surface area contributed by atoms with Crippen molar-refractivity contribution in [2.45, 2.75) is 141 Å². The van der Waals surface area contributed by atoms with E-state index in [9.17, 15) is 28.4 Å². The maximum absolute atomic E-state index is 12.9. The molecule has 20 heteroatoms. The second-order valence-corrected chi connectivity index (χ2v) is 17.2. The highest BCUT2D eigenvalue weighted by atomic mass is 32.1. The molecule has 12 atom stereocenters. The van der Waals surface area contributed by atoms with Crippen molar-refractivity contribution in [3.8, 4) is 0 Å². The molecule has 0 aromatic rings. The average Bonchev–Trinajstić information content (AvgIpc) is 3.61. The Labute approximate surface area is 283 Å². The number of unbranched alkanes of at least 4 members (excludes halogenated alkanes) is 3. The molecule has 0 amide bonds. The van der Waals surface area contributed by atoms with Crippen LogP contribution in [0.2, 0.25) is 0 Å². The molecule has 3 unspecified atom stereocenters. The summed E-state index contributed by atoms with van der Waals surface area (Å²) in [6, 6.07) is 0. The van der Waals surface area contributed by atoms with Crippen LogP contribution in [0.15, 0.2) is 0 Å². The van der Waals surface area contributed by atoms with E-state index in [1.54, 1.807) is 13.8 Å². The van der Waals surface area contributed by atoms with Crippen molar-refractivity contribution >= 4 is 36.1 Å². The highest BCUT2D eigenvalue weighted by molar-refractivity contribution is 7.80. The van der Waals surface area contributed by atoms with Crippen LogP contribution in [-0.4, -0.2) is 108 Å². The molecule has 3 rings (SSSR count). The minimum Gasteiger partial charge on any atom is -0.373 e. The van der Waals surface area contributed by atoms with Gasteiger partial charge in [-0.15, -0.1) is 0 Å². The molecule has 3 fully saturated rings. The highest BCUT2D eigenvalue weighted by Gasteiger charge is 2.44. The van der Waals surface area contributed by atoms with Crippen LogP contribution in [0.25, 0.3) is 0 Å². The molecule has 3 N–H and O–H groups in total. The van der Waals surface area contributed by atoms with Crippen molar-refractivity contribution in [1.82, 2.24) is 0 Å². The number of hydrogen-bond donors (Lipinski definition) is 4. The van der Waals surface area contributed by atoms with Gasteiger partial charge in [0.2, 0.25) is 0 Å². The van der Waals surface area contributed by atoms with E-state index in [0.717, 1.165) is 25.0 Å². The maximum atomic E-state index is 12.9. The molecule has 0 spiro atoms. The van der Waals surface area contributed by atoms with Crippen LogP contribution in [0.5, 0.6) is 0 Å². The predicted octanol–water partition coefficient (Wildman–Crippen LogP) is 4.94. The topological polar surface area (TPSA) is 204 Å². The Morgan fingerprint density at radius 1 is 0.638 bits per heavy atom. The van der Waals surface area contributed by atoms with Gasteiger partial charge >= 0.3 is 23.5 Å². The van der Waals surface area contributed by atoms with Gasteiger partial charge in [0.25, 0.3) is 0 Å². The fraction of sp³-hybridized carbons (Fsp3) is 1.00. The van der Waals surface area contributed by atoms with Gasteiger partial charge < -0.3 is 33.6 Å². The third-order valence-corrected chi connectivity index (χ3v) is 11.0. The van der Waals surface area contributed by atoms with Crippen molar-refractivity contribution in [3.05, 3.63) is 0 Å². The van der Waals surface area contributed by atoms with E-state index in [1.165, 1.54) is 0 Å². The fourth-order valence-electron chi connectivity index (χ4n) is 5.61. The minimum atomic E-state index is -4.74. The second kappa shape index (κ2) is 19.4. The zero-order valence-corrected chi connectivity index (χ0v) is 31.3. The summed E-state index contributed by atoms with van der Waals surface area (Å²) in [6.45, 7) is 7.94. The summed E-state index contributed by atoms with van der Waals surface area (Å²) >= 11 is 4.14. The molecule has 3 saturated heterocycles. The third-order valence-electron chi connectivity index (χ3n) is 7.65. The number of phosphoric acid groups is 3. The van der Waals surface area contributed by atoms with Crippen LogP contribution in [0.3, 0.4) is 0 Å². The Kier molecular flexibility index (Phi) is 17.3. The molecule has 3 aliphatic rings. The lowest BCUT2D eigenvalue weighted by Gasteiger charge is -2.25. The summed E-state index contributed by atoms with van der Waals surface area (Å²) in [5.74, 6) is 0.772. The largest absolute Gasteiger partial charge is 0.472 e. The van der Waals surface area contributed by atoms with Gasteiger partial charge in [-0.2, -0.15) is 12.6 Å². The van der Waals surface area contributed by atoms with E-state index in [2.05, 4.69) is 12.6 Å². The molecule has 0 aromatic heterocycles. The number of hydrogen-bond acceptors (Lipinski definition) is 14. The number of phosphoric ester groups is 3. The Balaban J connectivity index is 1.47. The van der Waals surface area contributed by atoms with Crippen LogP contribution in [0.1, 0.15) is 79.6 Å². The molecule has 0 saturated carbocycles. The summed E-state index contributed by atoms with van der Waals surface area (Å²) in [4.78, 5) is 31.0. The Bertz CT molecular complexity index is 1090. The molecule has 3 aliphatic heterocycles. The van der Waals surface area contributed by atoms with E-state index < -0.39 is 79.4 Å². The van der Waals surface area contributed by atoms with Gasteiger partial charge in [0.15, 0.2) is 0 Å². The first-order valence-corrected chi connectivity index (χ1v) is 21.3. The van der Waals surface area contributed by atoms with Crippen LogP contribution in [-0.2, 0) is 59.8 Å². The highest BCUT2D eigenvalue weighted by Crippen LogP contribution is 2.51. The van der Waals surface area contributed by atoms with Gasteiger partial charge in [0, 0.05) is 19.3 Å². The van der Waals surface area contributed by atoms with Gasteiger partial charge in [-0.25, -0.2) is 13.7 Å². The van der Waals surface area contributed by atoms with E-state index in [4.69, 9.17) is 46.1 Å². The Hall–Kier alpha value is 0.520. The fourth-order valence-corrected chi connectivity index (χ4v) is 8.52. The molecule has 0 aliphatic carbocycles. The summed E-state index contributed by atoms with van der Waals surface area (Å²) in [6.07, 6.45) is -1.52. The zero-order valence-electron chi connectivity index (χ0n) is 27.7. The predicted molar refractivity (Wildman–Crippen MR) is 172 cm³/mol. The van der Waals surface area contributed by atoms with Gasteiger partial charge in [-0.1, -0.05) is 12.8 Å². The molecular weight excluding hydrogens is 705 g/mol. The summed E-state index contributed by atoms with van der Waals surface area (Å²) in [5.41, 5.74) is 0. The van der Waals surface area contributed by atoms with E-state index in [0.29, 0.717) is 12.8 Å². The summed E-state index contributed by atoms with van der Waals surface area (Å²) in [7, 11) is -13.7. The van der Waals surface area contributed by atoms with E-state index >= 15 is 0 Å². The molecule has 0 aromatic carbocycles. The lowest BCUT2D eigenvalue weighted by Crippen LogP contribution is -2.32. The summed E-state index contributed by atoms with van der Waals surface area (Å²) < 4.78 is 92.4. The first kappa shape index (κ1) is 41.9. The van der Waals surface area contributed by atoms with Crippen LogP contribution in [0, 0.1) is 0 Å². The van der Waals surface area contributed by atoms with Gasteiger partial charge in [0.1, 0.15) is 30.5 Å². The van der Waals surface area contributed by atoms with Crippen molar-refractivity contribution in [2.75, 3.05) is 32.2 Å². The molecule has 278 valence electrons. The molecule has 0 bridgehead atoms. The minimum absolute atomic E-state index is 0.0360. The van der Waals surface area contributed by atoms with Crippen LogP contribution < -0.4 is 0 Å². The quantitative estimate of drug-likeness (QED) is 0.0656. The SMILES string of the molecule is CC(C)O[C@H]1C[C@H](C)O[C@@H]1COP(=O)(O)O[C@H]1C[C@H](C)O[C@@H]1COP(=O)(O)O[C@H]1C[C@H](C)O[C@@H]1COP(=O)(O)OCCCCCCS. The number of thiol groups is 1. The standard InChI is InChI=1S/C27H53O16P3S/c1-18(2)38-22-12-19(3)39-25(22)15-36-45(30,31)43-24-14-21(5)41-27(24)17-37-46(32,33)42-23-13-20(4)40-26(23)16-35-44(28,29)34-10-8-6-7-9-11-47/h18-27,47H,6-17H2,1-5H3,(H,28,29)(H,30,31)(H,32,33)/t19-,20-,21-,22-,23-,24-,25+,26+,27+/m0/s1. The van der Waals surface area contributed by atoms with Crippen molar-refractivity contribution in [3.63, 3.8) is 0 Å². The van der Waals surface area contributed by atoms with Crippen molar-refractivity contribution in [2.24, 2.45) is 0 Å².